The fourth-order valence-electron chi connectivity index (χ4n) is 1.25. The van der Waals surface area contributed by atoms with Crippen molar-refractivity contribution in [3.63, 3.8) is 0 Å². The molecular formula is C17H31NO3. The molecule has 0 atom stereocenters. The first kappa shape index (κ1) is 21.7. The zero-order chi connectivity index (χ0) is 16.3. The van der Waals surface area contributed by atoms with E-state index in [4.69, 9.17) is 9.47 Å². The molecule has 21 heavy (non-hydrogen) atoms. The number of nitrogens with one attached hydrogen (secondary N) is 1. The van der Waals surface area contributed by atoms with Gasteiger partial charge in [0.25, 0.3) is 0 Å². The minimum Gasteiger partial charge on any atom is -0.494 e. The Hall–Kier alpha value is -1.55. The van der Waals surface area contributed by atoms with Gasteiger partial charge in [-0.15, -0.1) is 0 Å². The van der Waals surface area contributed by atoms with E-state index in [-0.39, 0.29) is 12.5 Å². The third kappa shape index (κ3) is 14.7. The molecule has 1 aromatic rings. The number of carbonyl (C=O) groups is 1. The number of amides is 1. The van der Waals surface area contributed by atoms with Crippen LogP contribution in [-0.4, -0.2) is 32.8 Å². The van der Waals surface area contributed by atoms with Crippen LogP contribution in [0.3, 0.4) is 0 Å². The van der Waals surface area contributed by atoms with Crippen LogP contribution in [0.5, 0.6) is 5.75 Å². The highest BCUT2D eigenvalue weighted by molar-refractivity contribution is 5.76. The number of para-hydroxylation sites is 1. The number of likely N-dealkylation sites (N-methyl/N-ethyl adjacent to an activating group) is 1. The minimum atomic E-state index is -0.0921. The zero-order valence-electron chi connectivity index (χ0n) is 14.1. The summed E-state index contributed by atoms with van der Waals surface area (Å²) in [7, 11) is 1.60. The van der Waals surface area contributed by atoms with E-state index in [0.29, 0.717) is 13.2 Å². The molecule has 1 N–H and O–H groups in total. The number of unbranched alkanes of at least 4 members (excludes halogenated alkanes) is 1. The summed E-state index contributed by atoms with van der Waals surface area (Å²) in [6.45, 7) is 9.40. The first-order valence-electron chi connectivity index (χ1n) is 7.79. The largest absolute Gasteiger partial charge is 0.494 e. The maximum absolute atomic E-state index is 10.8. The van der Waals surface area contributed by atoms with Crippen LogP contribution in [0.25, 0.3) is 0 Å². The molecule has 0 saturated heterocycles. The summed E-state index contributed by atoms with van der Waals surface area (Å²) in [6.07, 6.45) is 1.81. The second kappa shape index (κ2) is 18.4. The van der Waals surface area contributed by atoms with Crippen molar-refractivity contribution < 1.29 is 14.3 Å². The quantitative estimate of drug-likeness (QED) is 0.745. The van der Waals surface area contributed by atoms with Crippen LogP contribution in [0.1, 0.15) is 40.5 Å². The summed E-state index contributed by atoms with van der Waals surface area (Å²) in [5.41, 5.74) is 0. The van der Waals surface area contributed by atoms with Gasteiger partial charge in [-0.1, -0.05) is 45.9 Å². The lowest BCUT2D eigenvalue weighted by atomic mass is 10.3. The average molecular weight is 297 g/mol. The summed E-state index contributed by atoms with van der Waals surface area (Å²) < 4.78 is 10.7. The van der Waals surface area contributed by atoms with E-state index in [0.717, 1.165) is 18.6 Å². The smallest absolute Gasteiger partial charge is 0.245 e. The van der Waals surface area contributed by atoms with Crippen molar-refractivity contribution in [2.75, 3.05) is 26.9 Å². The molecule has 0 aliphatic heterocycles. The lowest BCUT2D eigenvalue weighted by Crippen LogP contribution is -2.23. The van der Waals surface area contributed by atoms with Gasteiger partial charge in [0.15, 0.2) is 0 Å². The van der Waals surface area contributed by atoms with Crippen LogP contribution in [0.15, 0.2) is 30.3 Å². The molecule has 0 spiro atoms. The van der Waals surface area contributed by atoms with Crippen molar-refractivity contribution in [2.24, 2.45) is 0 Å². The fourth-order valence-corrected chi connectivity index (χ4v) is 1.25. The van der Waals surface area contributed by atoms with Gasteiger partial charge in [0.1, 0.15) is 12.4 Å². The summed E-state index contributed by atoms with van der Waals surface area (Å²) in [4.78, 5) is 10.8. The molecule has 0 radical (unpaired) electrons. The van der Waals surface area contributed by atoms with E-state index >= 15 is 0 Å². The molecule has 1 aromatic carbocycles. The van der Waals surface area contributed by atoms with E-state index in [1.54, 1.807) is 7.05 Å². The van der Waals surface area contributed by atoms with Gasteiger partial charge in [-0.25, -0.2) is 0 Å². The summed E-state index contributed by atoms with van der Waals surface area (Å²) in [5.74, 6) is 0.796. The summed E-state index contributed by atoms with van der Waals surface area (Å²) in [5, 5.41) is 2.50. The molecule has 0 aliphatic carbocycles. The highest BCUT2D eigenvalue weighted by atomic mass is 16.5. The van der Waals surface area contributed by atoms with Gasteiger partial charge >= 0.3 is 0 Å². The normalized spacial score (nSPS) is 8.62. The SMILES string of the molecule is CC.CC.CNC(=O)COCCCCOc1ccccc1. The molecule has 0 unspecified atom stereocenters. The molecule has 0 aromatic heterocycles. The molecule has 0 bridgehead atoms. The molecule has 0 fully saturated rings. The maximum Gasteiger partial charge on any atom is 0.245 e. The second-order valence-corrected chi connectivity index (χ2v) is 3.59. The monoisotopic (exact) mass is 297 g/mol. The van der Waals surface area contributed by atoms with Crippen LogP contribution < -0.4 is 10.1 Å². The highest BCUT2D eigenvalue weighted by Crippen LogP contribution is 2.08. The Bertz CT molecular complexity index is 315. The van der Waals surface area contributed by atoms with Gasteiger partial charge < -0.3 is 14.8 Å². The minimum absolute atomic E-state index is 0.0921. The number of rotatable bonds is 8. The number of carbonyl (C=O) groups excluding carboxylic acids is 1. The molecule has 0 aliphatic rings. The van der Waals surface area contributed by atoms with Gasteiger partial charge in [0.2, 0.25) is 5.91 Å². The first-order chi connectivity index (χ1) is 10.3. The van der Waals surface area contributed by atoms with Crippen LogP contribution in [-0.2, 0) is 9.53 Å². The summed E-state index contributed by atoms with van der Waals surface area (Å²) in [6, 6.07) is 9.72. The van der Waals surface area contributed by atoms with E-state index < -0.39 is 0 Å². The maximum atomic E-state index is 10.8. The standard InChI is InChI=1S/C13H19NO3.2C2H6/c1-14-13(15)11-16-9-5-6-10-17-12-7-3-2-4-8-12;2*1-2/h2-4,7-8H,5-6,9-11H2,1H3,(H,14,15);2*1-2H3. The van der Waals surface area contributed by atoms with Crippen molar-refractivity contribution in [1.82, 2.24) is 5.32 Å². The van der Waals surface area contributed by atoms with Gasteiger partial charge in [0, 0.05) is 13.7 Å². The van der Waals surface area contributed by atoms with Crippen molar-refractivity contribution in [1.29, 1.82) is 0 Å². The van der Waals surface area contributed by atoms with Crippen molar-refractivity contribution >= 4 is 5.91 Å². The van der Waals surface area contributed by atoms with Crippen LogP contribution in [0, 0.1) is 0 Å². The lowest BCUT2D eigenvalue weighted by molar-refractivity contribution is -0.125. The van der Waals surface area contributed by atoms with E-state index in [2.05, 4.69) is 5.32 Å². The Morgan fingerprint density at radius 3 is 2.14 bits per heavy atom. The van der Waals surface area contributed by atoms with Gasteiger partial charge in [-0.2, -0.15) is 0 Å². The first-order valence-corrected chi connectivity index (χ1v) is 7.79. The average Bonchev–Trinajstić information content (AvgIpc) is 2.58. The third-order valence-corrected chi connectivity index (χ3v) is 2.21. The van der Waals surface area contributed by atoms with E-state index in [1.165, 1.54) is 0 Å². The number of ether oxygens (including phenoxy) is 2. The third-order valence-electron chi connectivity index (χ3n) is 2.21. The van der Waals surface area contributed by atoms with Crippen molar-refractivity contribution in [2.45, 2.75) is 40.5 Å². The Morgan fingerprint density at radius 2 is 1.57 bits per heavy atom. The fraction of sp³-hybridized carbons (Fsp3) is 0.588. The molecular weight excluding hydrogens is 266 g/mol. The van der Waals surface area contributed by atoms with Gasteiger partial charge in [-0.3, -0.25) is 4.79 Å². The Labute approximate surface area is 129 Å². The summed E-state index contributed by atoms with van der Waals surface area (Å²) >= 11 is 0. The Morgan fingerprint density at radius 1 is 1.00 bits per heavy atom. The molecule has 4 nitrogen and oxygen atoms in total. The number of benzene rings is 1. The molecule has 4 heteroatoms. The van der Waals surface area contributed by atoms with E-state index in [9.17, 15) is 4.79 Å². The molecule has 0 saturated carbocycles. The van der Waals surface area contributed by atoms with Crippen molar-refractivity contribution in [3.05, 3.63) is 30.3 Å². The molecule has 0 heterocycles. The predicted octanol–water partition coefficient (Wildman–Crippen LogP) is 3.66. The zero-order valence-corrected chi connectivity index (χ0v) is 14.1. The van der Waals surface area contributed by atoms with E-state index in [1.807, 2.05) is 58.0 Å². The van der Waals surface area contributed by atoms with Gasteiger partial charge in [0.05, 0.1) is 6.61 Å². The molecule has 122 valence electrons. The van der Waals surface area contributed by atoms with Crippen LogP contribution in [0.4, 0.5) is 0 Å². The Kier molecular flexibility index (Phi) is 19.1. The molecule has 1 amide bonds. The Balaban J connectivity index is 0. The highest BCUT2D eigenvalue weighted by Gasteiger charge is 1.97. The molecule has 1 rings (SSSR count). The van der Waals surface area contributed by atoms with Gasteiger partial charge in [-0.05, 0) is 25.0 Å². The van der Waals surface area contributed by atoms with Crippen LogP contribution >= 0.6 is 0 Å². The predicted molar refractivity (Wildman–Crippen MR) is 88.8 cm³/mol. The number of hydrogen-bond acceptors (Lipinski definition) is 3. The topological polar surface area (TPSA) is 47.6 Å². The lowest BCUT2D eigenvalue weighted by Gasteiger charge is -2.06. The van der Waals surface area contributed by atoms with Crippen molar-refractivity contribution in [3.8, 4) is 5.75 Å². The van der Waals surface area contributed by atoms with Crippen LogP contribution in [0.2, 0.25) is 0 Å². The second-order valence-electron chi connectivity index (χ2n) is 3.59. The number of hydrogen-bond donors (Lipinski definition) is 1.